The van der Waals surface area contributed by atoms with Crippen LogP contribution in [0.5, 0.6) is 0 Å². The molecule has 0 saturated carbocycles. The Kier molecular flexibility index (Phi) is 10.7. The Morgan fingerprint density at radius 2 is 2.23 bits per heavy atom. The Morgan fingerprint density at radius 1 is 1.46 bits per heavy atom. The Labute approximate surface area is 155 Å². The summed E-state index contributed by atoms with van der Waals surface area (Å²) in [6.45, 7) is 5.53. The van der Waals surface area contributed by atoms with E-state index in [4.69, 9.17) is 5.26 Å². The summed E-state index contributed by atoms with van der Waals surface area (Å²) in [7, 11) is 0. The van der Waals surface area contributed by atoms with Crippen molar-refractivity contribution in [3.63, 3.8) is 0 Å². The van der Waals surface area contributed by atoms with Crippen LogP contribution in [0.1, 0.15) is 45.2 Å². The van der Waals surface area contributed by atoms with Crippen LogP contribution in [0.15, 0.2) is 24.4 Å². The molecule has 0 bridgehead atoms. The molecule has 0 spiro atoms. The maximum absolute atomic E-state index is 11.9. The summed E-state index contributed by atoms with van der Waals surface area (Å²) in [5.74, 6) is -0.488. The van der Waals surface area contributed by atoms with Gasteiger partial charge in [0.25, 0.3) is 0 Å². The molecule has 1 saturated heterocycles. The molecule has 0 radical (unpaired) electrons. The molecule has 0 aromatic carbocycles. The molecule has 2 rings (SSSR count). The van der Waals surface area contributed by atoms with Gasteiger partial charge in [0.2, 0.25) is 11.8 Å². The zero-order valence-corrected chi connectivity index (χ0v) is 15.6. The summed E-state index contributed by atoms with van der Waals surface area (Å²) in [5.41, 5.74) is 0.844. The smallest absolute Gasteiger partial charge is 0.234 e. The van der Waals surface area contributed by atoms with Crippen LogP contribution >= 0.6 is 0 Å². The van der Waals surface area contributed by atoms with Gasteiger partial charge < -0.3 is 16.0 Å². The number of hydrogen-bond acceptors (Lipinski definition) is 5. The number of aromatic nitrogens is 1. The van der Waals surface area contributed by atoms with Crippen LogP contribution in [-0.2, 0) is 16.1 Å². The standard InChI is InChI=1S/C16H21N5O2.C3H8/c17-9-14(8-12-4-3-7-20-16(12)23)21-15(22)11-18-10-13-5-1-2-6-19-13;1-3-2/h1-2,5-6,12,14,18H,3-4,7-8,10-11H2,(H,20,23)(H,21,22);3H2,1-2H3. The number of piperidine rings is 1. The van der Waals surface area contributed by atoms with E-state index in [1.165, 1.54) is 6.42 Å². The second kappa shape index (κ2) is 12.8. The summed E-state index contributed by atoms with van der Waals surface area (Å²) in [5, 5.41) is 17.6. The number of carbonyl (C=O) groups is 2. The lowest BCUT2D eigenvalue weighted by Gasteiger charge is -2.23. The van der Waals surface area contributed by atoms with E-state index >= 15 is 0 Å². The van der Waals surface area contributed by atoms with E-state index in [-0.39, 0.29) is 24.3 Å². The maximum atomic E-state index is 11.9. The van der Waals surface area contributed by atoms with Gasteiger partial charge in [-0.3, -0.25) is 14.6 Å². The quantitative estimate of drug-likeness (QED) is 0.684. The normalized spacial score (nSPS) is 17.1. The molecule has 2 heterocycles. The van der Waals surface area contributed by atoms with E-state index in [0.29, 0.717) is 19.5 Å². The number of nitrogens with one attached hydrogen (secondary N) is 3. The van der Waals surface area contributed by atoms with Crippen molar-refractivity contribution in [2.75, 3.05) is 13.1 Å². The maximum Gasteiger partial charge on any atom is 0.234 e. The Hall–Kier alpha value is -2.46. The highest BCUT2D eigenvalue weighted by atomic mass is 16.2. The van der Waals surface area contributed by atoms with E-state index in [0.717, 1.165) is 18.5 Å². The fraction of sp³-hybridized carbons (Fsp3) is 0.579. The molecule has 26 heavy (non-hydrogen) atoms. The van der Waals surface area contributed by atoms with Crippen LogP contribution in [0, 0.1) is 17.2 Å². The molecule has 7 heteroatoms. The van der Waals surface area contributed by atoms with Crippen molar-refractivity contribution in [2.45, 2.75) is 52.1 Å². The van der Waals surface area contributed by atoms with Gasteiger partial charge in [-0.15, -0.1) is 0 Å². The number of amides is 2. The Balaban J connectivity index is 0.00000105. The molecule has 1 fully saturated rings. The lowest BCUT2D eigenvalue weighted by atomic mass is 9.92. The van der Waals surface area contributed by atoms with Gasteiger partial charge in [0.05, 0.1) is 18.3 Å². The number of carbonyl (C=O) groups excluding carboxylic acids is 2. The molecular formula is C19H29N5O2. The van der Waals surface area contributed by atoms with Crippen molar-refractivity contribution in [3.8, 4) is 6.07 Å². The van der Waals surface area contributed by atoms with E-state index in [1.807, 2.05) is 18.2 Å². The molecule has 1 aromatic heterocycles. The van der Waals surface area contributed by atoms with Crippen molar-refractivity contribution in [2.24, 2.45) is 5.92 Å². The monoisotopic (exact) mass is 359 g/mol. The van der Waals surface area contributed by atoms with Gasteiger partial charge in [-0.25, -0.2) is 0 Å². The molecular weight excluding hydrogens is 330 g/mol. The fourth-order valence-corrected chi connectivity index (χ4v) is 2.54. The van der Waals surface area contributed by atoms with E-state index in [2.05, 4.69) is 40.9 Å². The van der Waals surface area contributed by atoms with Gasteiger partial charge in [-0.2, -0.15) is 5.26 Å². The highest BCUT2D eigenvalue weighted by Crippen LogP contribution is 2.17. The average Bonchev–Trinajstić information content (AvgIpc) is 2.64. The summed E-state index contributed by atoms with van der Waals surface area (Å²) in [4.78, 5) is 27.7. The first-order valence-electron chi connectivity index (χ1n) is 9.18. The highest BCUT2D eigenvalue weighted by molar-refractivity contribution is 5.80. The summed E-state index contributed by atoms with van der Waals surface area (Å²) >= 11 is 0. The lowest BCUT2D eigenvalue weighted by Crippen LogP contribution is -2.44. The second-order valence-corrected chi connectivity index (χ2v) is 6.25. The number of pyridine rings is 1. The summed E-state index contributed by atoms with van der Waals surface area (Å²) in [6.07, 6.45) is 4.97. The molecule has 2 atom stereocenters. The van der Waals surface area contributed by atoms with Gasteiger partial charge in [0.15, 0.2) is 0 Å². The third-order valence-electron chi connectivity index (χ3n) is 3.73. The minimum absolute atomic E-state index is 0.0287. The fourth-order valence-electron chi connectivity index (χ4n) is 2.54. The minimum Gasteiger partial charge on any atom is -0.356 e. The molecule has 1 aliphatic rings. The first-order chi connectivity index (χ1) is 12.6. The molecule has 142 valence electrons. The number of nitrogens with zero attached hydrogens (tertiary/aromatic N) is 2. The van der Waals surface area contributed by atoms with Crippen LogP contribution in [0.4, 0.5) is 0 Å². The number of rotatable bonds is 7. The topological polar surface area (TPSA) is 107 Å². The zero-order chi connectivity index (χ0) is 19.2. The van der Waals surface area contributed by atoms with Gasteiger partial charge in [0, 0.05) is 25.2 Å². The number of hydrogen-bond donors (Lipinski definition) is 3. The third-order valence-corrected chi connectivity index (χ3v) is 3.73. The molecule has 1 aliphatic heterocycles. The van der Waals surface area contributed by atoms with E-state index < -0.39 is 6.04 Å². The third kappa shape index (κ3) is 8.58. The van der Waals surface area contributed by atoms with E-state index in [9.17, 15) is 9.59 Å². The first kappa shape index (κ1) is 21.6. The Morgan fingerprint density at radius 3 is 2.85 bits per heavy atom. The van der Waals surface area contributed by atoms with Crippen LogP contribution in [-0.4, -0.2) is 35.9 Å². The summed E-state index contributed by atoms with van der Waals surface area (Å²) < 4.78 is 0. The van der Waals surface area contributed by atoms with Crippen molar-refractivity contribution in [1.29, 1.82) is 5.26 Å². The first-order valence-corrected chi connectivity index (χ1v) is 9.18. The second-order valence-electron chi connectivity index (χ2n) is 6.25. The number of nitriles is 1. The highest BCUT2D eigenvalue weighted by Gasteiger charge is 2.26. The van der Waals surface area contributed by atoms with Gasteiger partial charge >= 0.3 is 0 Å². The van der Waals surface area contributed by atoms with Crippen LogP contribution in [0.2, 0.25) is 0 Å². The van der Waals surface area contributed by atoms with Crippen molar-refractivity contribution in [1.82, 2.24) is 20.9 Å². The van der Waals surface area contributed by atoms with Crippen molar-refractivity contribution >= 4 is 11.8 Å². The average molecular weight is 359 g/mol. The predicted octanol–water partition coefficient (Wildman–Crippen LogP) is 1.51. The van der Waals surface area contributed by atoms with E-state index in [1.54, 1.807) is 6.20 Å². The lowest BCUT2D eigenvalue weighted by molar-refractivity contribution is -0.127. The predicted molar refractivity (Wildman–Crippen MR) is 99.8 cm³/mol. The van der Waals surface area contributed by atoms with Gasteiger partial charge in [0.1, 0.15) is 6.04 Å². The van der Waals surface area contributed by atoms with Gasteiger partial charge in [-0.05, 0) is 31.4 Å². The van der Waals surface area contributed by atoms with Crippen LogP contribution in [0.3, 0.4) is 0 Å². The molecule has 2 unspecified atom stereocenters. The molecule has 2 amide bonds. The van der Waals surface area contributed by atoms with Crippen molar-refractivity contribution < 1.29 is 9.59 Å². The summed E-state index contributed by atoms with van der Waals surface area (Å²) in [6, 6.07) is 6.99. The molecule has 3 N–H and O–H groups in total. The van der Waals surface area contributed by atoms with Crippen LogP contribution < -0.4 is 16.0 Å². The molecule has 7 nitrogen and oxygen atoms in total. The van der Waals surface area contributed by atoms with Crippen LogP contribution in [0.25, 0.3) is 0 Å². The SMILES string of the molecule is CCC.N#CC(CC1CCCNC1=O)NC(=O)CNCc1ccccn1. The molecule has 1 aromatic rings. The minimum atomic E-state index is -0.645. The Bertz CT molecular complexity index is 585. The zero-order valence-electron chi connectivity index (χ0n) is 15.6. The van der Waals surface area contributed by atoms with Gasteiger partial charge in [-0.1, -0.05) is 26.3 Å². The largest absolute Gasteiger partial charge is 0.356 e. The van der Waals surface area contributed by atoms with Crippen molar-refractivity contribution in [3.05, 3.63) is 30.1 Å². The molecule has 0 aliphatic carbocycles.